The second kappa shape index (κ2) is 17.8. The third kappa shape index (κ3) is 8.98. The van der Waals surface area contributed by atoms with Gasteiger partial charge in [-0.1, -0.05) is 0 Å². The van der Waals surface area contributed by atoms with Crippen LogP contribution in [0.3, 0.4) is 0 Å². The number of amides is 4. The van der Waals surface area contributed by atoms with Crippen LogP contribution in [0.2, 0.25) is 0 Å². The number of carbonyl (C=O) groups excluding carboxylic acids is 4. The number of aromatic nitrogens is 8. The number of anilines is 2. The van der Waals surface area contributed by atoms with Crippen LogP contribution in [-0.4, -0.2) is 107 Å². The highest BCUT2D eigenvalue weighted by atomic mass is 32.1. The number of rotatable bonds is 18. The zero-order chi connectivity index (χ0) is 41.8. The molecule has 0 saturated carbocycles. The van der Waals surface area contributed by atoms with Crippen LogP contribution in [0.15, 0.2) is 30.3 Å². The molecule has 1 fully saturated rings. The smallest absolute Gasteiger partial charge is 0.276 e. The zero-order valence-electron chi connectivity index (χ0n) is 33.6. The molecule has 0 unspecified atom stereocenters. The second-order valence-corrected chi connectivity index (χ2v) is 15.3. The molecule has 0 spiro atoms. The maximum absolute atomic E-state index is 13.8. The summed E-state index contributed by atoms with van der Waals surface area (Å²) in [6.45, 7) is 13.6. The highest BCUT2D eigenvalue weighted by Gasteiger charge is 2.24. The van der Waals surface area contributed by atoms with Crippen molar-refractivity contribution in [3.05, 3.63) is 63.5 Å². The Kier molecular flexibility index (Phi) is 12.4. The van der Waals surface area contributed by atoms with Crippen molar-refractivity contribution in [2.45, 2.75) is 73.1 Å². The van der Waals surface area contributed by atoms with Gasteiger partial charge in [-0.15, -0.1) is 11.3 Å². The van der Waals surface area contributed by atoms with Crippen molar-refractivity contribution >= 4 is 68.2 Å². The van der Waals surface area contributed by atoms with Crippen molar-refractivity contribution in [1.29, 1.82) is 0 Å². The molecule has 0 bridgehead atoms. The number of imidazole rings is 2. The summed E-state index contributed by atoms with van der Waals surface area (Å²) in [5.74, 6) is -0.954. The fraction of sp³-hybridized carbons (Fsp3) is 0.436. The average molecular weight is 828 g/mol. The quantitative estimate of drug-likeness (QED) is 0.0910. The minimum Gasteiger partial charge on any atom is -0.491 e. The monoisotopic (exact) mass is 827 g/mol. The number of ether oxygens (including phenoxy) is 2. The van der Waals surface area contributed by atoms with Crippen LogP contribution >= 0.6 is 11.3 Å². The molecule has 6 heterocycles. The largest absolute Gasteiger partial charge is 0.491 e. The van der Waals surface area contributed by atoms with E-state index in [0.717, 1.165) is 37.4 Å². The minimum absolute atomic E-state index is 0.227. The summed E-state index contributed by atoms with van der Waals surface area (Å²) < 4.78 is 18.9. The number of thiophene rings is 1. The van der Waals surface area contributed by atoms with Gasteiger partial charge in [-0.25, -0.2) is 9.97 Å². The number of morpholine rings is 1. The molecule has 312 valence electrons. The van der Waals surface area contributed by atoms with Crippen LogP contribution in [0.1, 0.15) is 85.5 Å². The molecule has 1 aromatic carbocycles. The van der Waals surface area contributed by atoms with Gasteiger partial charge in [0.05, 0.1) is 47.1 Å². The second-order valence-electron chi connectivity index (χ2n) is 14.3. The van der Waals surface area contributed by atoms with Crippen molar-refractivity contribution in [2.75, 3.05) is 50.1 Å². The predicted octanol–water partition coefficient (Wildman–Crippen LogP) is 3.78. The van der Waals surface area contributed by atoms with Crippen LogP contribution in [0.5, 0.6) is 5.75 Å². The number of fused-ring (bicyclic) bond motifs is 2. The number of nitrogens with one attached hydrogen (secondary N) is 2. The Labute approximate surface area is 343 Å². The number of primary amides is 2. The molecule has 19 nitrogen and oxygen atoms in total. The van der Waals surface area contributed by atoms with Gasteiger partial charge in [0.2, 0.25) is 17.8 Å². The van der Waals surface area contributed by atoms with Crippen LogP contribution in [-0.2, 0) is 30.9 Å². The van der Waals surface area contributed by atoms with E-state index in [0.29, 0.717) is 120 Å². The number of hydrogen-bond donors (Lipinski definition) is 4. The highest BCUT2D eigenvalue weighted by molar-refractivity contribution is 7.20. The predicted molar refractivity (Wildman–Crippen MR) is 222 cm³/mol. The van der Waals surface area contributed by atoms with Gasteiger partial charge in [0.25, 0.3) is 17.7 Å². The summed E-state index contributed by atoms with van der Waals surface area (Å²) in [4.78, 5) is 64.6. The van der Waals surface area contributed by atoms with Gasteiger partial charge in [0.1, 0.15) is 27.5 Å². The molecule has 0 radical (unpaired) electrons. The molecule has 6 N–H and O–H groups in total. The number of hydrogen-bond acceptors (Lipinski definition) is 12. The molecule has 5 aromatic heterocycles. The molecule has 1 aliphatic heterocycles. The molecule has 7 rings (SSSR count). The Morgan fingerprint density at radius 3 is 1.98 bits per heavy atom. The standard InChI is InChI=1S/C39H49N13O6S/c1-5-51-27(18-23(3)46-51)35(55)43-38-42-26-20-25(33(40)53)21-30(58-15-9-10-48-13-16-57-17-14-48)32(26)50(38)12-8-7-11-49-29-22-31(34(41)54)59-37(29)45-39(49)44-36(56)28-19-24(4)47-52(28)6-2/h18-22H,5-17H2,1-4H3,(H2,40,53)(H2,41,54)(H,42,43,55)(H,44,45,56). The average Bonchev–Trinajstić information content (AvgIpc) is 4.04. The van der Waals surface area contributed by atoms with Crippen LogP contribution in [0, 0.1) is 13.8 Å². The van der Waals surface area contributed by atoms with E-state index >= 15 is 0 Å². The van der Waals surface area contributed by atoms with E-state index in [-0.39, 0.29) is 17.4 Å². The Morgan fingerprint density at radius 2 is 1.39 bits per heavy atom. The topological polar surface area (TPSA) is 237 Å². The van der Waals surface area contributed by atoms with E-state index in [1.54, 1.807) is 39.7 Å². The van der Waals surface area contributed by atoms with Crippen LogP contribution in [0.25, 0.3) is 21.4 Å². The van der Waals surface area contributed by atoms with Crippen molar-refractivity contribution in [3.8, 4) is 5.75 Å². The summed E-state index contributed by atoms with van der Waals surface area (Å²) in [6, 6.07) is 8.34. The lowest BCUT2D eigenvalue weighted by Crippen LogP contribution is -2.37. The summed E-state index contributed by atoms with van der Waals surface area (Å²) in [7, 11) is 0. The maximum Gasteiger partial charge on any atom is 0.276 e. The SMILES string of the molecule is CCn1nc(C)cc1C(=O)Nc1nc2sc(C(N)=O)cc2n1CCCCn1c(NC(=O)c2cc(C)nn2CC)nc2cc(C(N)=O)cc(OCCCN3CCOCC3)c21. The van der Waals surface area contributed by atoms with Gasteiger partial charge in [-0.2, -0.15) is 10.2 Å². The lowest BCUT2D eigenvalue weighted by Gasteiger charge is -2.26. The van der Waals surface area contributed by atoms with Crippen molar-refractivity contribution in [3.63, 3.8) is 0 Å². The first kappa shape index (κ1) is 41.1. The summed E-state index contributed by atoms with van der Waals surface area (Å²) in [5, 5.41) is 14.8. The van der Waals surface area contributed by atoms with Gasteiger partial charge in [0.15, 0.2) is 0 Å². The van der Waals surface area contributed by atoms with Crippen LogP contribution < -0.4 is 26.8 Å². The fourth-order valence-electron chi connectivity index (χ4n) is 7.26. The fourth-order valence-corrected chi connectivity index (χ4v) is 8.14. The Morgan fingerprint density at radius 1 is 0.780 bits per heavy atom. The molecule has 0 atom stereocenters. The Bertz CT molecular complexity index is 2520. The van der Waals surface area contributed by atoms with Gasteiger partial charge >= 0.3 is 0 Å². The minimum atomic E-state index is -0.635. The molecule has 4 amide bonds. The van der Waals surface area contributed by atoms with E-state index < -0.39 is 17.7 Å². The van der Waals surface area contributed by atoms with E-state index in [9.17, 15) is 19.2 Å². The lowest BCUT2D eigenvalue weighted by molar-refractivity contribution is 0.0358. The first-order valence-corrected chi connectivity index (χ1v) is 20.5. The maximum atomic E-state index is 13.8. The highest BCUT2D eigenvalue weighted by Crippen LogP contribution is 2.33. The number of nitrogens with two attached hydrogens (primary N) is 2. The number of nitrogens with zero attached hydrogens (tertiary/aromatic N) is 9. The first-order chi connectivity index (χ1) is 28.4. The van der Waals surface area contributed by atoms with E-state index in [2.05, 4.69) is 30.7 Å². The summed E-state index contributed by atoms with van der Waals surface area (Å²) in [6.07, 6.45) is 1.88. The molecule has 20 heteroatoms. The van der Waals surface area contributed by atoms with E-state index in [1.165, 1.54) is 0 Å². The van der Waals surface area contributed by atoms with E-state index in [1.807, 2.05) is 36.8 Å². The van der Waals surface area contributed by atoms with Gasteiger partial charge in [-0.05, 0) is 77.3 Å². The molecule has 0 aliphatic carbocycles. The molecule has 1 saturated heterocycles. The number of unbranched alkanes of at least 4 members (excludes halogenated alkanes) is 1. The number of benzene rings is 1. The van der Waals surface area contributed by atoms with Crippen molar-refractivity contribution in [1.82, 2.24) is 43.6 Å². The summed E-state index contributed by atoms with van der Waals surface area (Å²) in [5.41, 5.74) is 15.5. The first-order valence-electron chi connectivity index (χ1n) is 19.7. The lowest BCUT2D eigenvalue weighted by atomic mass is 10.1. The molecular weight excluding hydrogens is 779 g/mol. The van der Waals surface area contributed by atoms with Gasteiger partial charge in [0, 0.05) is 51.4 Å². The van der Waals surface area contributed by atoms with Crippen molar-refractivity contribution < 1.29 is 28.7 Å². The Hall–Kier alpha value is -6.12. The molecule has 6 aromatic rings. The van der Waals surface area contributed by atoms with Gasteiger partial charge in [-0.3, -0.25) is 44.1 Å². The third-order valence-corrected chi connectivity index (χ3v) is 11.1. The van der Waals surface area contributed by atoms with Gasteiger partial charge < -0.3 is 30.1 Å². The normalized spacial score (nSPS) is 13.4. The zero-order valence-corrected chi connectivity index (χ0v) is 34.4. The molecule has 59 heavy (non-hydrogen) atoms. The third-order valence-electron chi connectivity index (χ3n) is 10.1. The van der Waals surface area contributed by atoms with E-state index in [4.69, 9.17) is 25.9 Å². The number of aryl methyl sites for hydroxylation is 6. The molecule has 1 aliphatic rings. The number of carbonyl (C=O) groups is 4. The summed E-state index contributed by atoms with van der Waals surface area (Å²) >= 11 is 1.16. The van der Waals surface area contributed by atoms with Crippen LogP contribution in [0.4, 0.5) is 11.9 Å². The van der Waals surface area contributed by atoms with Crippen molar-refractivity contribution in [2.24, 2.45) is 11.5 Å². The Balaban J connectivity index is 1.17. The molecular formula is C39H49N13O6S.